The summed E-state index contributed by atoms with van der Waals surface area (Å²) in [6.07, 6.45) is 1.34. The Hall–Kier alpha value is -3.46. The summed E-state index contributed by atoms with van der Waals surface area (Å²) in [7, 11) is 0. The first-order valence-corrected chi connectivity index (χ1v) is 13.2. The van der Waals surface area contributed by atoms with Gasteiger partial charge in [-0.05, 0) is 58.9 Å². The van der Waals surface area contributed by atoms with Crippen LogP contribution in [0.1, 0.15) is 63.7 Å². The zero-order valence-electron chi connectivity index (χ0n) is 28.9. The molecule has 0 N–H and O–H groups in total. The molecule has 2 heterocycles. The summed E-state index contributed by atoms with van der Waals surface area (Å²) in [6.45, 7) is 7.08. The normalized spacial score (nSPS) is 13.7. The van der Waals surface area contributed by atoms with Gasteiger partial charge in [0.25, 0.3) is 0 Å². The first-order chi connectivity index (χ1) is 21.0. The number of aryl methyl sites for hydroxylation is 1. The molecule has 5 aromatic rings. The topological polar surface area (TPSA) is 25.8 Å². The molecule has 2 nitrogen and oxygen atoms in total. The third-order valence-corrected chi connectivity index (χ3v) is 6.43. The number of hydrogen-bond acceptors (Lipinski definition) is 2. The largest absolute Gasteiger partial charge is 0.304 e. The molecule has 3 aromatic carbocycles. The van der Waals surface area contributed by atoms with Crippen molar-refractivity contribution in [3.05, 3.63) is 144 Å². The van der Waals surface area contributed by atoms with Crippen molar-refractivity contribution in [2.45, 2.75) is 53.3 Å². The maximum absolute atomic E-state index is 13.1. The van der Waals surface area contributed by atoms with Gasteiger partial charge in [0.1, 0.15) is 5.82 Å². The minimum absolute atomic E-state index is 0. The van der Waals surface area contributed by atoms with E-state index < -0.39 is 18.6 Å². The molecule has 0 aliphatic carbocycles. The van der Waals surface area contributed by atoms with E-state index in [1.807, 2.05) is 66.9 Å². The van der Waals surface area contributed by atoms with Crippen LogP contribution in [-0.4, -0.2) is 9.97 Å². The number of halogens is 1. The maximum Gasteiger partial charge on any atom is 0.123 e. The Bertz CT molecular complexity index is 1700. The molecule has 0 unspecified atom stereocenters. The van der Waals surface area contributed by atoms with Crippen LogP contribution in [0.4, 0.5) is 4.39 Å². The number of aromatic nitrogens is 2. The molecule has 2 aromatic heterocycles. The monoisotopic (exact) mass is 726 g/mol. The molecule has 4 heteroatoms. The van der Waals surface area contributed by atoms with Crippen LogP contribution in [0, 0.1) is 30.2 Å². The molecule has 0 amide bonds. The van der Waals surface area contributed by atoms with Gasteiger partial charge >= 0.3 is 0 Å². The fraction of sp³-hybridized carbons (Fsp3) is 0.243. The molecule has 5 rings (SSSR count). The van der Waals surface area contributed by atoms with Gasteiger partial charge in [-0.2, -0.15) is 0 Å². The summed E-state index contributed by atoms with van der Waals surface area (Å²) < 4.78 is 53.1. The van der Waals surface area contributed by atoms with Crippen LogP contribution < -0.4 is 0 Å². The molecule has 0 saturated carbocycles. The Morgan fingerprint density at radius 3 is 1.85 bits per heavy atom. The van der Waals surface area contributed by atoms with E-state index >= 15 is 0 Å². The van der Waals surface area contributed by atoms with E-state index in [1.54, 1.807) is 32.9 Å². The van der Waals surface area contributed by atoms with Gasteiger partial charge in [0, 0.05) is 44.8 Å². The van der Waals surface area contributed by atoms with Crippen molar-refractivity contribution in [1.82, 2.24) is 9.97 Å². The Balaban J connectivity index is 0.000000245. The smallest absolute Gasteiger partial charge is 0.123 e. The van der Waals surface area contributed by atoms with E-state index in [4.69, 9.17) is 6.85 Å². The summed E-state index contributed by atoms with van der Waals surface area (Å²) in [5, 5.41) is 0. The number of rotatable bonds is 5. The fourth-order valence-corrected chi connectivity index (χ4v) is 4.17. The Morgan fingerprint density at radius 2 is 1.34 bits per heavy atom. The van der Waals surface area contributed by atoms with Gasteiger partial charge in [0.15, 0.2) is 0 Å². The first kappa shape index (κ1) is 25.3. The molecule has 41 heavy (non-hydrogen) atoms. The van der Waals surface area contributed by atoms with Crippen molar-refractivity contribution in [3.63, 3.8) is 0 Å². The molecule has 0 aliphatic rings. The van der Waals surface area contributed by atoms with Crippen LogP contribution in [0.5, 0.6) is 0 Å². The van der Waals surface area contributed by atoms with Crippen molar-refractivity contribution < 1.29 is 31.3 Å². The molecular weight excluding hydrogens is 684 g/mol. The zero-order chi connectivity index (χ0) is 33.0. The predicted octanol–water partition coefficient (Wildman–Crippen LogP) is 9.46. The molecule has 0 spiro atoms. The molecule has 0 atom stereocenters. The summed E-state index contributed by atoms with van der Waals surface area (Å²) in [5.41, 5.74) is 4.40. The van der Waals surface area contributed by atoms with Crippen LogP contribution >= 0.6 is 0 Å². The number of hydrogen-bond donors (Lipinski definition) is 0. The summed E-state index contributed by atoms with van der Waals surface area (Å²) >= 11 is 0. The van der Waals surface area contributed by atoms with Gasteiger partial charge in [-0.25, -0.2) is 4.39 Å². The molecule has 0 bridgehead atoms. The van der Waals surface area contributed by atoms with E-state index in [2.05, 4.69) is 42.0 Å². The maximum atomic E-state index is 13.1. The van der Waals surface area contributed by atoms with Crippen molar-refractivity contribution in [1.29, 1.82) is 0 Å². The minimum atomic E-state index is -2.42. The van der Waals surface area contributed by atoms with Crippen molar-refractivity contribution >= 4 is 0 Å². The summed E-state index contributed by atoms with van der Waals surface area (Å²) in [6, 6.07) is 33.5. The Morgan fingerprint density at radius 1 is 0.756 bits per heavy atom. The average Bonchev–Trinajstić information content (AvgIpc) is 3.01. The van der Waals surface area contributed by atoms with Crippen molar-refractivity contribution in [2.24, 2.45) is 5.41 Å². The predicted molar refractivity (Wildman–Crippen MR) is 163 cm³/mol. The van der Waals surface area contributed by atoms with Crippen LogP contribution in [0.25, 0.3) is 22.5 Å². The molecule has 0 fully saturated rings. The molecule has 0 aliphatic heterocycles. The van der Waals surface area contributed by atoms with E-state index in [1.165, 1.54) is 18.3 Å². The van der Waals surface area contributed by atoms with Crippen LogP contribution in [0.2, 0.25) is 0 Å². The van der Waals surface area contributed by atoms with Crippen LogP contribution in [0.3, 0.4) is 0 Å². The second-order valence-electron chi connectivity index (χ2n) is 11.1. The summed E-state index contributed by atoms with van der Waals surface area (Å²) in [5.74, 6) is -0.215. The standard InChI is InChI=1S/C20H17FN.C17H20N.Ir/c1-20(2,16-8-11-18(21)12-9-16)17-10-13-19(22-14-17)15-6-4-3-5-7-15;1-13-12-18-16(14-8-6-5-7-9-14)10-15(13)11-17(2,3)4;/h3-6,8-14H,1-2H3;5-8,10,12H,11H2,1-4H3;/q2*-1;/i;1D3,11D2;. The molecule has 213 valence electrons. The number of benzene rings is 3. The number of pyridine rings is 2. The second kappa shape index (κ2) is 13.9. The fourth-order valence-electron chi connectivity index (χ4n) is 4.17. The third kappa shape index (κ3) is 8.76. The van der Waals surface area contributed by atoms with Crippen molar-refractivity contribution in [2.75, 3.05) is 0 Å². The van der Waals surface area contributed by atoms with Gasteiger partial charge in [-0.1, -0.05) is 70.5 Å². The molecular formula is C37H37FIrN2-2. The SMILES string of the molecule is CC(C)(c1ccc(F)cc1)c1ccc(-c2[c-]cccc2)nc1.[2H]C([2H])([2H])c1cnc(-c2[c-]cccc2)cc1C([2H])([2H])C(C)(C)C.[Ir]. The van der Waals surface area contributed by atoms with Crippen LogP contribution in [-0.2, 0) is 31.9 Å². The van der Waals surface area contributed by atoms with Gasteiger partial charge < -0.3 is 9.97 Å². The second-order valence-corrected chi connectivity index (χ2v) is 11.1. The van der Waals surface area contributed by atoms with Crippen molar-refractivity contribution in [3.8, 4) is 22.5 Å². The van der Waals surface area contributed by atoms with E-state index in [9.17, 15) is 4.39 Å². The molecule has 0 saturated heterocycles. The van der Waals surface area contributed by atoms with E-state index in [0.29, 0.717) is 11.3 Å². The summed E-state index contributed by atoms with van der Waals surface area (Å²) in [4.78, 5) is 8.77. The minimum Gasteiger partial charge on any atom is -0.304 e. The average molecular weight is 726 g/mol. The third-order valence-electron chi connectivity index (χ3n) is 6.43. The Kier molecular flexibility index (Phi) is 8.59. The van der Waals surface area contributed by atoms with Gasteiger partial charge in [0.05, 0.1) is 0 Å². The van der Waals surface area contributed by atoms with E-state index in [0.717, 1.165) is 22.4 Å². The quantitative estimate of drug-likeness (QED) is 0.169. The van der Waals surface area contributed by atoms with Crippen LogP contribution in [0.15, 0.2) is 103 Å². The van der Waals surface area contributed by atoms with E-state index in [-0.39, 0.29) is 42.5 Å². The number of nitrogens with zero attached hydrogens (tertiary/aromatic N) is 2. The zero-order valence-corrected chi connectivity index (χ0v) is 26.3. The van der Waals surface area contributed by atoms with Gasteiger partial charge in [0.2, 0.25) is 0 Å². The Labute approximate surface area is 265 Å². The molecule has 1 radical (unpaired) electrons. The van der Waals surface area contributed by atoms with Gasteiger partial charge in [-0.15, -0.1) is 71.8 Å². The van der Waals surface area contributed by atoms with Gasteiger partial charge in [-0.3, -0.25) is 0 Å². The first-order valence-electron chi connectivity index (χ1n) is 15.7.